The maximum absolute atomic E-state index is 12.1. The molecule has 0 unspecified atom stereocenters. The Hall–Kier alpha value is -4.17. The summed E-state index contributed by atoms with van der Waals surface area (Å²) < 4.78 is 0. The molecule has 2 aromatic carbocycles. The smallest absolute Gasteiger partial charge is 0.264 e. The molecule has 4 aromatic rings. The number of aromatic nitrogens is 2. The lowest BCUT2D eigenvalue weighted by Gasteiger charge is -2.09. The number of fused-ring (bicyclic) bond motifs is 1. The molecule has 0 aliphatic carbocycles. The van der Waals surface area contributed by atoms with Gasteiger partial charge in [0.25, 0.3) is 5.91 Å². The highest BCUT2D eigenvalue weighted by molar-refractivity contribution is 6.01. The standard InChI is InChI=1S/C25H20N4O/c1-29(2)25(30)20(14-26)12-17-7-6-10-19(11-17)21-13-22-23(16-28-24(22)27-15-21)18-8-4-3-5-9-18/h3-13,15-16H,1-2H3,(H,27,28)/b20-12+. The Kier molecular flexibility index (Phi) is 5.15. The van der Waals surface area contributed by atoms with Gasteiger partial charge in [0.15, 0.2) is 0 Å². The molecule has 2 aromatic heterocycles. The van der Waals surface area contributed by atoms with E-state index in [0.29, 0.717) is 0 Å². The molecule has 5 heteroatoms. The van der Waals surface area contributed by atoms with Crippen LogP contribution >= 0.6 is 0 Å². The Balaban J connectivity index is 1.76. The maximum Gasteiger partial charge on any atom is 0.264 e. The van der Waals surface area contributed by atoms with Crippen molar-refractivity contribution in [1.82, 2.24) is 14.9 Å². The number of likely N-dealkylation sites (N-methyl/N-ethyl adjacent to an activating group) is 1. The van der Waals surface area contributed by atoms with Crippen LogP contribution in [0.5, 0.6) is 0 Å². The van der Waals surface area contributed by atoms with Crippen LogP contribution < -0.4 is 0 Å². The van der Waals surface area contributed by atoms with Crippen molar-refractivity contribution < 1.29 is 4.79 Å². The maximum atomic E-state index is 12.1. The minimum Gasteiger partial charge on any atom is -0.346 e. The van der Waals surface area contributed by atoms with Gasteiger partial charge in [-0.3, -0.25) is 4.79 Å². The van der Waals surface area contributed by atoms with Crippen molar-refractivity contribution in [3.05, 3.63) is 84.2 Å². The lowest BCUT2D eigenvalue weighted by molar-refractivity contribution is -0.124. The molecule has 0 saturated carbocycles. The molecule has 0 fully saturated rings. The molecule has 0 aliphatic rings. The monoisotopic (exact) mass is 392 g/mol. The first-order valence-electron chi connectivity index (χ1n) is 9.53. The van der Waals surface area contributed by atoms with Gasteiger partial charge >= 0.3 is 0 Å². The first-order valence-corrected chi connectivity index (χ1v) is 9.53. The van der Waals surface area contributed by atoms with Gasteiger partial charge in [-0.2, -0.15) is 5.26 Å². The lowest BCUT2D eigenvalue weighted by atomic mass is 10.0. The van der Waals surface area contributed by atoms with Crippen LogP contribution in [0.15, 0.2) is 78.6 Å². The fraction of sp³-hybridized carbons (Fsp3) is 0.0800. The Bertz CT molecular complexity index is 1290. The number of nitriles is 1. The van der Waals surface area contributed by atoms with Crippen LogP contribution in [0, 0.1) is 11.3 Å². The molecule has 0 bridgehead atoms. The number of H-pyrrole nitrogens is 1. The summed E-state index contributed by atoms with van der Waals surface area (Å²) in [6, 6.07) is 22.0. The van der Waals surface area contributed by atoms with E-state index in [9.17, 15) is 10.1 Å². The predicted molar refractivity (Wildman–Crippen MR) is 119 cm³/mol. The van der Waals surface area contributed by atoms with E-state index in [1.54, 1.807) is 20.2 Å². The number of aromatic amines is 1. The van der Waals surface area contributed by atoms with Crippen LogP contribution in [0.25, 0.3) is 39.4 Å². The molecule has 0 saturated heterocycles. The Morgan fingerprint density at radius 1 is 1.03 bits per heavy atom. The number of rotatable bonds is 4. The van der Waals surface area contributed by atoms with E-state index in [-0.39, 0.29) is 11.5 Å². The summed E-state index contributed by atoms with van der Waals surface area (Å²) >= 11 is 0. The number of carbonyl (C=O) groups excluding carboxylic acids is 1. The topological polar surface area (TPSA) is 72.8 Å². The highest BCUT2D eigenvalue weighted by atomic mass is 16.2. The minimum absolute atomic E-state index is 0.0997. The molecule has 1 amide bonds. The molecule has 0 spiro atoms. The average molecular weight is 392 g/mol. The normalized spacial score (nSPS) is 11.3. The predicted octanol–water partition coefficient (Wildman–Crippen LogP) is 4.89. The molecule has 0 atom stereocenters. The van der Waals surface area contributed by atoms with Gasteiger partial charge in [-0.25, -0.2) is 4.98 Å². The number of amides is 1. The van der Waals surface area contributed by atoms with Gasteiger partial charge in [-0.15, -0.1) is 0 Å². The third-order valence-electron chi connectivity index (χ3n) is 4.90. The number of hydrogen-bond acceptors (Lipinski definition) is 3. The second-order valence-corrected chi connectivity index (χ2v) is 7.18. The van der Waals surface area contributed by atoms with Gasteiger partial charge in [0.05, 0.1) is 0 Å². The number of nitrogens with one attached hydrogen (secondary N) is 1. The number of carbonyl (C=O) groups is 1. The quantitative estimate of drug-likeness (QED) is 0.397. The van der Waals surface area contributed by atoms with Crippen LogP contribution in [-0.4, -0.2) is 34.9 Å². The van der Waals surface area contributed by atoms with E-state index < -0.39 is 0 Å². The third-order valence-corrected chi connectivity index (χ3v) is 4.90. The van der Waals surface area contributed by atoms with Gasteiger partial charge in [-0.05, 0) is 34.9 Å². The molecule has 0 radical (unpaired) electrons. The zero-order valence-corrected chi connectivity index (χ0v) is 16.8. The van der Waals surface area contributed by atoms with Crippen molar-refractivity contribution in [2.24, 2.45) is 0 Å². The highest BCUT2D eigenvalue weighted by Crippen LogP contribution is 2.31. The summed E-state index contributed by atoms with van der Waals surface area (Å²) in [5.41, 5.74) is 5.87. The van der Waals surface area contributed by atoms with Crippen molar-refractivity contribution in [3.63, 3.8) is 0 Å². The summed E-state index contributed by atoms with van der Waals surface area (Å²) in [5, 5.41) is 10.4. The largest absolute Gasteiger partial charge is 0.346 e. The first-order chi connectivity index (χ1) is 14.6. The molecule has 0 aliphatic heterocycles. The van der Waals surface area contributed by atoms with Crippen molar-refractivity contribution >= 4 is 23.0 Å². The highest BCUT2D eigenvalue weighted by Gasteiger charge is 2.12. The second-order valence-electron chi connectivity index (χ2n) is 7.18. The van der Waals surface area contributed by atoms with Crippen LogP contribution in [0.1, 0.15) is 5.56 Å². The lowest BCUT2D eigenvalue weighted by Crippen LogP contribution is -2.22. The number of pyridine rings is 1. The van der Waals surface area contributed by atoms with Gasteiger partial charge in [0.1, 0.15) is 17.3 Å². The third kappa shape index (κ3) is 3.71. The van der Waals surface area contributed by atoms with Crippen LogP contribution in [0.3, 0.4) is 0 Å². The summed E-state index contributed by atoms with van der Waals surface area (Å²) in [4.78, 5) is 21.4. The van der Waals surface area contributed by atoms with E-state index in [4.69, 9.17) is 0 Å². The SMILES string of the molecule is CN(C)C(=O)/C(C#N)=C/c1cccc(-c2cnc3[nH]cc(-c4ccccc4)c3c2)c1. The van der Waals surface area contributed by atoms with E-state index in [1.165, 1.54) is 4.90 Å². The Morgan fingerprint density at radius 2 is 1.80 bits per heavy atom. The summed E-state index contributed by atoms with van der Waals surface area (Å²) in [6.07, 6.45) is 5.41. The van der Waals surface area contributed by atoms with Crippen LogP contribution in [0.4, 0.5) is 0 Å². The molecular weight excluding hydrogens is 372 g/mol. The van der Waals surface area contributed by atoms with E-state index >= 15 is 0 Å². The fourth-order valence-corrected chi connectivity index (χ4v) is 3.38. The van der Waals surface area contributed by atoms with E-state index in [1.807, 2.05) is 60.9 Å². The second kappa shape index (κ2) is 8.06. The number of hydrogen-bond donors (Lipinski definition) is 1. The molecule has 4 rings (SSSR count). The molecule has 146 valence electrons. The van der Waals surface area contributed by atoms with Crippen molar-refractivity contribution in [2.75, 3.05) is 14.1 Å². The zero-order chi connectivity index (χ0) is 21.1. The molecular formula is C25H20N4O. The van der Waals surface area contributed by atoms with Crippen molar-refractivity contribution in [3.8, 4) is 28.3 Å². The molecule has 1 N–H and O–H groups in total. The van der Waals surface area contributed by atoms with Crippen LogP contribution in [-0.2, 0) is 4.79 Å². The van der Waals surface area contributed by atoms with Gasteiger partial charge in [0, 0.05) is 43.0 Å². The molecule has 2 heterocycles. The zero-order valence-electron chi connectivity index (χ0n) is 16.8. The van der Waals surface area contributed by atoms with Gasteiger partial charge in [0.2, 0.25) is 0 Å². The van der Waals surface area contributed by atoms with Crippen molar-refractivity contribution in [2.45, 2.75) is 0 Å². The van der Waals surface area contributed by atoms with Crippen LogP contribution in [0.2, 0.25) is 0 Å². The van der Waals surface area contributed by atoms with E-state index in [0.717, 1.165) is 38.9 Å². The fourth-order valence-electron chi connectivity index (χ4n) is 3.38. The summed E-state index contributed by atoms with van der Waals surface area (Å²) in [6.45, 7) is 0. The van der Waals surface area contributed by atoms with E-state index in [2.05, 4.69) is 28.2 Å². The van der Waals surface area contributed by atoms with Crippen molar-refractivity contribution in [1.29, 1.82) is 5.26 Å². The summed E-state index contributed by atoms with van der Waals surface area (Å²) in [7, 11) is 3.26. The van der Waals surface area contributed by atoms with Gasteiger partial charge in [-0.1, -0.05) is 48.5 Å². The first kappa shape index (κ1) is 19.2. The Labute approximate surface area is 174 Å². The molecule has 5 nitrogen and oxygen atoms in total. The Morgan fingerprint density at radius 3 is 2.53 bits per heavy atom. The number of benzene rings is 2. The molecule has 30 heavy (non-hydrogen) atoms. The average Bonchev–Trinajstić information content (AvgIpc) is 3.21. The summed E-state index contributed by atoms with van der Waals surface area (Å²) in [5.74, 6) is -0.314. The minimum atomic E-state index is -0.314. The van der Waals surface area contributed by atoms with Gasteiger partial charge < -0.3 is 9.88 Å². The number of nitrogens with zero attached hydrogens (tertiary/aromatic N) is 3.